The molecule has 22 heavy (non-hydrogen) atoms. The molecule has 0 radical (unpaired) electrons. The van der Waals surface area contributed by atoms with Gasteiger partial charge in [-0.2, -0.15) is 5.10 Å². The predicted molar refractivity (Wildman–Crippen MR) is 88.1 cm³/mol. The lowest BCUT2D eigenvalue weighted by molar-refractivity contribution is -0.110. The Labute approximate surface area is 132 Å². The summed E-state index contributed by atoms with van der Waals surface area (Å²) in [5, 5.41) is 4.11. The molecule has 2 fully saturated rings. The van der Waals surface area contributed by atoms with Gasteiger partial charge >= 0.3 is 0 Å². The fourth-order valence-corrected chi connectivity index (χ4v) is 5.65. The van der Waals surface area contributed by atoms with Gasteiger partial charge in [0.05, 0.1) is 0 Å². The molecule has 5 atom stereocenters. The molecule has 0 aliphatic heterocycles. The average molecular weight is 296 g/mol. The quantitative estimate of drug-likeness (QED) is 0.550. The molecular weight excluding hydrogens is 272 g/mol. The molecule has 3 nitrogen and oxygen atoms in total. The van der Waals surface area contributed by atoms with Gasteiger partial charge in [-0.15, -0.1) is 0 Å². The first-order chi connectivity index (χ1) is 10.5. The van der Waals surface area contributed by atoms with Gasteiger partial charge in [-0.1, -0.05) is 32.1 Å². The number of nitrogens with zero attached hydrogens (tertiary/aromatic N) is 1. The Hall–Kier alpha value is -1.64. The monoisotopic (exact) mass is 296 g/mol. The van der Waals surface area contributed by atoms with Crippen LogP contribution >= 0.6 is 0 Å². The number of hydrazone groups is 1. The fraction of sp³-hybridized carbons (Fsp3) is 0.579. The van der Waals surface area contributed by atoms with E-state index in [1.807, 2.05) is 6.08 Å². The first-order valence-corrected chi connectivity index (χ1v) is 8.40. The number of hydrogen-bond donors (Lipinski definition) is 1. The van der Waals surface area contributed by atoms with Gasteiger partial charge in [-0.3, -0.25) is 4.79 Å². The van der Waals surface area contributed by atoms with Gasteiger partial charge in [0.1, 0.15) is 0 Å². The summed E-state index contributed by atoms with van der Waals surface area (Å²) in [5.74, 6) is 7.56. The summed E-state index contributed by atoms with van der Waals surface area (Å²) in [6.45, 7) is 4.66. The van der Waals surface area contributed by atoms with Crippen molar-refractivity contribution in [2.45, 2.75) is 39.5 Å². The maximum absolute atomic E-state index is 11.7. The Bertz CT molecular complexity index is 656. The van der Waals surface area contributed by atoms with E-state index in [0.29, 0.717) is 17.8 Å². The second-order valence-corrected chi connectivity index (χ2v) is 7.84. The van der Waals surface area contributed by atoms with E-state index in [0.717, 1.165) is 12.8 Å². The first-order valence-electron chi connectivity index (χ1n) is 8.40. The lowest BCUT2D eigenvalue weighted by atomic mass is 9.50. The second-order valence-electron chi connectivity index (χ2n) is 7.84. The zero-order chi connectivity index (χ0) is 15.5. The fourth-order valence-electron chi connectivity index (χ4n) is 5.65. The molecule has 116 valence electrons. The number of fused-ring (bicyclic) bond motifs is 5. The van der Waals surface area contributed by atoms with Gasteiger partial charge in [-0.25, -0.2) is 0 Å². The summed E-state index contributed by atoms with van der Waals surface area (Å²) >= 11 is 0. The van der Waals surface area contributed by atoms with Gasteiger partial charge in [0.2, 0.25) is 0 Å². The Morgan fingerprint density at radius 1 is 1.23 bits per heavy atom. The van der Waals surface area contributed by atoms with E-state index in [1.54, 1.807) is 6.08 Å². The SMILES string of the molecule is C[C@]12C=CC(=O)C=C1C=C[C@@H]1[C@@H]2CC[C@]2(C)/C(=N/N)CC[C@@H]12. The van der Waals surface area contributed by atoms with Crippen molar-refractivity contribution in [3.05, 3.63) is 36.0 Å². The van der Waals surface area contributed by atoms with Gasteiger partial charge in [-0.05, 0) is 61.2 Å². The summed E-state index contributed by atoms with van der Waals surface area (Å²) < 4.78 is 0. The molecule has 0 bridgehead atoms. The van der Waals surface area contributed by atoms with E-state index < -0.39 is 0 Å². The molecule has 3 heteroatoms. The Morgan fingerprint density at radius 2 is 2.05 bits per heavy atom. The van der Waals surface area contributed by atoms with E-state index in [-0.39, 0.29) is 16.6 Å². The van der Waals surface area contributed by atoms with E-state index in [4.69, 9.17) is 5.84 Å². The van der Waals surface area contributed by atoms with Gasteiger partial charge < -0.3 is 5.84 Å². The van der Waals surface area contributed by atoms with Crippen LogP contribution in [0.3, 0.4) is 0 Å². The maximum Gasteiger partial charge on any atom is 0.178 e. The number of allylic oxidation sites excluding steroid dienone is 6. The van der Waals surface area contributed by atoms with Crippen molar-refractivity contribution in [3.8, 4) is 0 Å². The van der Waals surface area contributed by atoms with Gasteiger partial charge in [0.15, 0.2) is 5.78 Å². The standard InChI is InChI=1S/C19H24N2O/c1-18-9-7-13(22)11-12(18)3-4-14-15-5-6-17(21-20)19(15,2)10-8-16(14)18/h3-4,7,9,11,14-16H,5-6,8,10,20H2,1-2H3/b21-17+/t14-,15-,16-,18-,19-/m0/s1. The molecule has 0 heterocycles. The van der Waals surface area contributed by atoms with Crippen molar-refractivity contribution in [1.82, 2.24) is 0 Å². The number of nitrogens with two attached hydrogens (primary N) is 1. The normalized spacial score (nSPS) is 47.9. The predicted octanol–water partition coefficient (Wildman–Crippen LogP) is 3.39. The van der Waals surface area contributed by atoms with Crippen molar-refractivity contribution in [1.29, 1.82) is 0 Å². The summed E-state index contributed by atoms with van der Waals surface area (Å²) in [7, 11) is 0. The minimum Gasteiger partial charge on any atom is -0.323 e. The number of ketones is 1. The number of rotatable bonds is 0. The highest BCUT2D eigenvalue weighted by Gasteiger charge is 2.56. The molecule has 0 saturated heterocycles. The van der Waals surface area contributed by atoms with Gasteiger partial charge in [0, 0.05) is 16.5 Å². The Morgan fingerprint density at radius 3 is 2.82 bits per heavy atom. The molecule has 4 aliphatic carbocycles. The molecular formula is C19H24N2O. The lowest BCUT2D eigenvalue weighted by Gasteiger charge is -2.53. The maximum atomic E-state index is 11.7. The van der Waals surface area contributed by atoms with Crippen LogP contribution in [0.5, 0.6) is 0 Å². The topological polar surface area (TPSA) is 55.5 Å². The van der Waals surface area contributed by atoms with Crippen molar-refractivity contribution in [2.75, 3.05) is 0 Å². The minimum atomic E-state index is 0.0112. The number of hydrogen-bond acceptors (Lipinski definition) is 3. The van der Waals surface area contributed by atoms with E-state index in [1.165, 1.54) is 24.1 Å². The Balaban J connectivity index is 1.77. The molecule has 4 rings (SSSR count). The van der Waals surface area contributed by atoms with E-state index in [2.05, 4.69) is 37.2 Å². The molecule has 0 amide bonds. The molecule has 0 spiro atoms. The first kappa shape index (κ1) is 14.0. The minimum absolute atomic E-state index is 0.0112. The van der Waals surface area contributed by atoms with Crippen LogP contribution < -0.4 is 5.84 Å². The summed E-state index contributed by atoms with van der Waals surface area (Å²) in [5.41, 5.74) is 2.59. The van der Waals surface area contributed by atoms with Crippen LogP contribution in [-0.2, 0) is 4.79 Å². The van der Waals surface area contributed by atoms with Crippen LogP contribution in [0.4, 0.5) is 0 Å². The van der Waals surface area contributed by atoms with Crippen LogP contribution in [0, 0.1) is 28.6 Å². The number of carbonyl (C=O) groups is 1. The zero-order valence-corrected chi connectivity index (χ0v) is 13.4. The lowest BCUT2D eigenvalue weighted by Crippen LogP contribution is -2.48. The smallest absolute Gasteiger partial charge is 0.178 e. The highest BCUT2D eigenvalue weighted by Crippen LogP contribution is 2.61. The second kappa shape index (κ2) is 4.43. The molecule has 0 aromatic heterocycles. The highest BCUT2D eigenvalue weighted by atomic mass is 16.1. The molecule has 2 N–H and O–H groups in total. The molecule has 2 saturated carbocycles. The molecule has 0 unspecified atom stereocenters. The van der Waals surface area contributed by atoms with E-state index in [9.17, 15) is 4.79 Å². The van der Waals surface area contributed by atoms with Crippen LogP contribution in [0.25, 0.3) is 0 Å². The number of carbonyl (C=O) groups excluding carboxylic acids is 1. The summed E-state index contributed by atoms with van der Waals surface area (Å²) in [6.07, 6.45) is 14.9. The largest absolute Gasteiger partial charge is 0.323 e. The third-order valence-electron chi connectivity index (χ3n) is 7.01. The average Bonchev–Trinajstić information content (AvgIpc) is 2.84. The summed E-state index contributed by atoms with van der Waals surface area (Å²) in [6, 6.07) is 0. The molecule has 0 aromatic rings. The third kappa shape index (κ3) is 1.62. The van der Waals surface area contributed by atoms with Crippen LogP contribution in [0.1, 0.15) is 39.5 Å². The Kier molecular flexibility index (Phi) is 2.82. The van der Waals surface area contributed by atoms with Crippen LogP contribution in [0.15, 0.2) is 41.1 Å². The third-order valence-corrected chi connectivity index (χ3v) is 7.01. The summed E-state index contributed by atoms with van der Waals surface area (Å²) in [4.78, 5) is 11.7. The van der Waals surface area contributed by atoms with Crippen molar-refractivity contribution >= 4 is 11.5 Å². The molecule has 0 aromatic carbocycles. The zero-order valence-electron chi connectivity index (χ0n) is 13.4. The van der Waals surface area contributed by atoms with E-state index >= 15 is 0 Å². The van der Waals surface area contributed by atoms with Crippen molar-refractivity contribution in [2.24, 2.45) is 39.5 Å². The van der Waals surface area contributed by atoms with Crippen molar-refractivity contribution in [3.63, 3.8) is 0 Å². The van der Waals surface area contributed by atoms with Gasteiger partial charge in [0.25, 0.3) is 0 Å². The van der Waals surface area contributed by atoms with Crippen LogP contribution in [-0.4, -0.2) is 11.5 Å². The van der Waals surface area contributed by atoms with Crippen LogP contribution in [0.2, 0.25) is 0 Å². The molecule has 4 aliphatic rings. The highest BCUT2D eigenvalue weighted by molar-refractivity contribution is 6.01. The van der Waals surface area contributed by atoms with Crippen molar-refractivity contribution < 1.29 is 4.79 Å².